The van der Waals surface area contributed by atoms with Crippen LogP contribution < -0.4 is 0 Å². The van der Waals surface area contributed by atoms with Crippen LogP contribution in [0.25, 0.3) is 0 Å². The maximum Gasteiger partial charge on any atom is 0.410 e. The molecule has 2 aromatic rings. The summed E-state index contributed by atoms with van der Waals surface area (Å²) in [4.78, 5) is 15.5. The molecule has 5 atom stereocenters. The van der Waals surface area contributed by atoms with Gasteiger partial charge in [-0.15, -0.1) is 0 Å². The zero-order valence-electron chi connectivity index (χ0n) is 22.2. The lowest BCUT2D eigenvalue weighted by atomic mass is 9.76. The van der Waals surface area contributed by atoms with Gasteiger partial charge in [0.15, 0.2) is 15.3 Å². The number of hydrogen-bond acceptors (Lipinski definition) is 6. The molecule has 0 aliphatic carbocycles. The lowest BCUT2D eigenvalue weighted by Crippen LogP contribution is -2.64. The molecule has 0 N–H and O–H groups in total. The van der Waals surface area contributed by atoms with Crippen molar-refractivity contribution in [3.05, 3.63) is 71.8 Å². The van der Waals surface area contributed by atoms with Crippen molar-refractivity contribution in [3.8, 4) is 0 Å². The number of nitrogens with zero attached hydrogens (tertiary/aromatic N) is 1. The summed E-state index contributed by atoms with van der Waals surface area (Å²) in [6, 6.07) is 18.9. The Morgan fingerprint density at radius 3 is 2.11 bits per heavy atom. The Morgan fingerprint density at radius 2 is 1.58 bits per heavy atom. The number of carbonyl (C=O) groups is 1. The highest BCUT2D eigenvalue weighted by Gasteiger charge is 2.73. The third kappa shape index (κ3) is 5.38. The van der Waals surface area contributed by atoms with Crippen molar-refractivity contribution in [2.75, 3.05) is 13.7 Å². The van der Waals surface area contributed by atoms with Crippen molar-refractivity contribution in [2.24, 2.45) is 5.41 Å². The molecule has 0 aromatic heterocycles. The highest BCUT2D eigenvalue weighted by molar-refractivity contribution is 6.48. The summed E-state index contributed by atoms with van der Waals surface area (Å²) >= 11 is 0. The van der Waals surface area contributed by atoms with Gasteiger partial charge in [-0.25, -0.2) is 4.79 Å². The number of likely N-dealkylation sites (tertiary alicyclic amines) is 1. The number of ether oxygens (including phenoxy) is 4. The lowest BCUT2D eigenvalue weighted by Gasteiger charge is -2.48. The van der Waals surface area contributed by atoms with E-state index in [1.54, 1.807) is 7.11 Å². The largest absolute Gasteiger partial charge is 0.445 e. The van der Waals surface area contributed by atoms with Gasteiger partial charge in [0, 0.05) is 7.11 Å². The molecule has 2 bridgehead atoms. The molecule has 7 nitrogen and oxygen atoms in total. The quantitative estimate of drug-likeness (QED) is 0.451. The summed E-state index contributed by atoms with van der Waals surface area (Å²) in [5, 5.41) is 0. The number of carbonyl (C=O) groups excluding carboxylic acids is 1. The summed E-state index contributed by atoms with van der Waals surface area (Å²) in [7, 11) is 0.209. The molecule has 196 valence electrons. The van der Waals surface area contributed by atoms with Crippen LogP contribution in [0.4, 0.5) is 4.79 Å². The molecule has 2 fully saturated rings. The monoisotopic (exact) mass is 513 g/mol. The van der Waals surface area contributed by atoms with Gasteiger partial charge in [0.05, 0.1) is 19.3 Å². The molecule has 0 saturated carbocycles. The van der Waals surface area contributed by atoms with E-state index < -0.39 is 39.2 Å². The number of methoxy groups -OCH3 is 1. The van der Waals surface area contributed by atoms with E-state index in [0.29, 0.717) is 13.2 Å². The van der Waals surface area contributed by atoms with Gasteiger partial charge in [-0.2, -0.15) is 0 Å². The number of benzene rings is 2. The topological polar surface area (TPSA) is 66.5 Å². The lowest BCUT2D eigenvalue weighted by molar-refractivity contribution is -0.241. The molecular formula is C28H39NO6Si. The van der Waals surface area contributed by atoms with Crippen LogP contribution in [-0.4, -0.2) is 63.8 Å². The van der Waals surface area contributed by atoms with Gasteiger partial charge in [-0.1, -0.05) is 81.4 Å². The van der Waals surface area contributed by atoms with Crippen LogP contribution in [0.15, 0.2) is 60.7 Å². The minimum Gasteiger partial charge on any atom is -0.445 e. The van der Waals surface area contributed by atoms with Crippen LogP contribution >= 0.6 is 0 Å². The average Bonchev–Trinajstić information content (AvgIpc) is 3.33. The summed E-state index contributed by atoms with van der Waals surface area (Å²) in [5.41, 5.74) is 0.761. The van der Waals surface area contributed by atoms with E-state index >= 15 is 0 Å². The second kappa shape index (κ2) is 11.0. The van der Waals surface area contributed by atoms with Crippen molar-refractivity contribution < 1.29 is 28.2 Å². The molecule has 8 heteroatoms. The molecule has 0 radical (unpaired) electrons. The first-order chi connectivity index (χ1) is 17.2. The molecule has 1 amide bonds. The van der Waals surface area contributed by atoms with Crippen molar-refractivity contribution in [2.45, 2.75) is 77.2 Å². The Hall–Kier alpha value is -2.23. The fourth-order valence-corrected chi connectivity index (χ4v) is 6.13. The van der Waals surface area contributed by atoms with Crippen LogP contribution in [0.2, 0.25) is 13.1 Å². The second-order valence-electron chi connectivity index (χ2n) is 11.0. The van der Waals surface area contributed by atoms with Crippen LogP contribution in [0.3, 0.4) is 0 Å². The smallest absolute Gasteiger partial charge is 0.410 e. The highest BCUT2D eigenvalue weighted by Crippen LogP contribution is 2.54. The molecule has 36 heavy (non-hydrogen) atoms. The van der Waals surface area contributed by atoms with E-state index in [-0.39, 0.29) is 18.1 Å². The third-order valence-corrected chi connectivity index (χ3v) is 7.68. The number of amides is 1. The Bertz CT molecular complexity index is 998. The number of rotatable bonds is 9. The third-order valence-electron chi connectivity index (χ3n) is 6.85. The van der Waals surface area contributed by atoms with Gasteiger partial charge in [0.2, 0.25) is 0 Å². The first-order valence-corrected chi connectivity index (χ1v) is 15.4. The molecule has 2 aliphatic heterocycles. The number of fused-ring (bicyclic) bond motifs is 2. The van der Waals surface area contributed by atoms with Crippen molar-refractivity contribution in [1.82, 2.24) is 4.90 Å². The zero-order valence-corrected chi connectivity index (χ0v) is 23.3. The fourth-order valence-electron chi connectivity index (χ4n) is 5.54. The molecule has 2 aliphatic rings. The van der Waals surface area contributed by atoms with E-state index in [1.165, 1.54) is 0 Å². The second-order valence-corrected chi connectivity index (χ2v) is 13.4. The van der Waals surface area contributed by atoms with Crippen molar-refractivity contribution >= 4 is 15.1 Å². The van der Waals surface area contributed by atoms with Crippen molar-refractivity contribution in [3.63, 3.8) is 0 Å². The SMILES string of the molecule is CO[C@H]1O[C@]2(CO[SiH](C)C)[C@H](OCc3ccccc3)[C@@H]1N(C(=O)OCc1ccccc1)[C@@H]2C(C)(C)C. The predicted octanol–water partition coefficient (Wildman–Crippen LogP) is 4.75. The standard InChI is InChI=1S/C28H39NO6Si/c1-27(2,3)25-28(19-34-36(5)6)23(32-17-20-13-9-7-10-14-20)22(24(31-4)35-28)29(25)26(30)33-18-21-15-11-8-12-16-21/h7-16,22-25,36H,17-19H2,1-6H3/t22-,23+,24-,25+,28+/m0/s1. The summed E-state index contributed by atoms with van der Waals surface area (Å²) in [6.45, 7) is 11.5. The minimum absolute atomic E-state index is 0.191. The molecule has 0 spiro atoms. The zero-order chi connectivity index (χ0) is 25.9. The van der Waals surface area contributed by atoms with E-state index in [0.717, 1.165) is 11.1 Å². The van der Waals surface area contributed by atoms with Crippen LogP contribution in [0.5, 0.6) is 0 Å². The van der Waals surface area contributed by atoms with Crippen LogP contribution in [0.1, 0.15) is 31.9 Å². The molecule has 2 heterocycles. The van der Waals surface area contributed by atoms with Crippen molar-refractivity contribution in [1.29, 1.82) is 0 Å². The fraction of sp³-hybridized carbons (Fsp3) is 0.536. The van der Waals surface area contributed by atoms with Gasteiger partial charge >= 0.3 is 6.09 Å². The molecular weight excluding hydrogens is 474 g/mol. The Kier molecular flexibility index (Phi) is 8.21. The van der Waals surface area contributed by atoms with Crippen LogP contribution in [0, 0.1) is 5.41 Å². The molecule has 2 saturated heterocycles. The average molecular weight is 514 g/mol. The van der Waals surface area contributed by atoms with Crippen LogP contribution in [-0.2, 0) is 36.6 Å². The number of morpholine rings is 1. The Labute approximate surface area is 216 Å². The summed E-state index contributed by atoms with van der Waals surface area (Å²) < 4.78 is 31.1. The van der Waals surface area contributed by atoms with Gasteiger partial charge in [0.25, 0.3) is 0 Å². The van der Waals surface area contributed by atoms with E-state index in [2.05, 4.69) is 33.9 Å². The Morgan fingerprint density at radius 1 is 1.00 bits per heavy atom. The van der Waals surface area contributed by atoms with Gasteiger partial charge in [-0.05, 0) is 29.6 Å². The summed E-state index contributed by atoms with van der Waals surface area (Å²) in [5.74, 6) is 0. The molecule has 4 rings (SSSR count). The normalized spacial score (nSPS) is 27.6. The van der Waals surface area contributed by atoms with Gasteiger partial charge in [-0.3, -0.25) is 4.90 Å². The molecule has 0 unspecified atom stereocenters. The molecule has 2 aromatic carbocycles. The van der Waals surface area contributed by atoms with Gasteiger partial charge < -0.3 is 23.4 Å². The first-order valence-electron chi connectivity index (χ1n) is 12.6. The maximum atomic E-state index is 13.7. The van der Waals surface area contributed by atoms with E-state index in [4.69, 9.17) is 23.4 Å². The van der Waals surface area contributed by atoms with E-state index in [1.807, 2.05) is 65.6 Å². The van der Waals surface area contributed by atoms with Gasteiger partial charge in [0.1, 0.15) is 24.4 Å². The maximum absolute atomic E-state index is 13.7. The first kappa shape index (κ1) is 26.8. The van der Waals surface area contributed by atoms with E-state index in [9.17, 15) is 4.79 Å². The Balaban J connectivity index is 1.69. The summed E-state index contributed by atoms with van der Waals surface area (Å²) in [6.07, 6.45) is -1.49. The number of hydrogen-bond donors (Lipinski definition) is 0. The highest BCUT2D eigenvalue weighted by atomic mass is 28.3. The minimum atomic E-state index is -1.39. The predicted molar refractivity (Wildman–Crippen MR) is 140 cm³/mol.